The Kier molecular flexibility index (Phi) is 21.3. The Morgan fingerprint density at radius 1 is 0.860 bits per heavy atom. The van der Waals surface area contributed by atoms with Gasteiger partial charge in [-0.25, -0.2) is 19.1 Å². The number of alkyl carbamates (subject to hydrolysis) is 1. The Morgan fingerprint density at radius 3 is 1.93 bits per heavy atom. The van der Waals surface area contributed by atoms with Gasteiger partial charge in [0.25, 0.3) is 0 Å². The molecule has 43 heavy (non-hydrogen) atoms. The summed E-state index contributed by atoms with van der Waals surface area (Å²) in [5, 5.41) is 2.82. The fourth-order valence-corrected chi connectivity index (χ4v) is 5.10. The van der Waals surface area contributed by atoms with E-state index in [2.05, 4.69) is 12.2 Å². The van der Waals surface area contributed by atoms with Crippen molar-refractivity contribution in [2.45, 2.75) is 124 Å². The van der Waals surface area contributed by atoms with Gasteiger partial charge in [-0.3, -0.25) is 4.79 Å². The lowest BCUT2D eigenvalue weighted by molar-refractivity contribution is -0.701. The number of aromatic nitrogens is 1. The Labute approximate surface area is 276 Å². The summed E-state index contributed by atoms with van der Waals surface area (Å²) in [4.78, 5) is 38.3. The zero-order valence-electron chi connectivity index (χ0n) is 26.9. The van der Waals surface area contributed by atoms with Crippen LogP contribution < -0.4 is 33.9 Å². The highest BCUT2D eigenvalue weighted by Crippen LogP contribution is 2.28. The van der Waals surface area contributed by atoms with Crippen LogP contribution in [0.1, 0.15) is 116 Å². The predicted molar refractivity (Wildman–Crippen MR) is 163 cm³/mol. The number of hydrogen-bond donors (Lipinski definition) is 1. The number of rotatable bonds is 22. The zero-order valence-corrected chi connectivity index (χ0v) is 29.0. The van der Waals surface area contributed by atoms with E-state index in [4.69, 9.17) is 14.2 Å². The van der Waals surface area contributed by atoms with E-state index in [0.717, 1.165) is 30.0 Å². The maximum Gasteiger partial charge on any atom is 0.417 e. The Bertz CT molecular complexity index is 928. The number of amides is 3. The summed E-state index contributed by atoms with van der Waals surface area (Å²) in [6.07, 6.45) is 18.8. The first-order chi connectivity index (χ1) is 20.4. The number of halogens is 1. The molecule has 0 radical (unpaired) electrons. The van der Waals surface area contributed by atoms with Crippen molar-refractivity contribution in [3.63, 3.8) is 0 Å². The molecule has 0 atom stereocenters. The Morgan fingerprint density at radius 2 is 1.42 bits per heavy atom. The highest BCUT2D eigenvalue weighted by atomic mass is 127. The van der Waals surface area contributed by atoms with Crippen molar-refractivity contribution >= 4 is 18.1 Å². The number of aryl methyl sites for hydroxylation is 1. The van der Waals surface area contributed by atoms with Crippen LogP contribution in [0.3, 0.4) is 0 Å². The molecule has 2 rings (SSSR count). The standard InChI is InChI=1S/C33H55N3O6.HI/c1-4-6-7-8-9-10-11-12-13-14-15-16-17-19-22-34-31(38)41-27-33(25-40-26-33)28-42-32(39)36(29(3)37)24-30-21-18-20-23-35(30)5-2;/h18,20-21,23H,4-17,19,22,24-28H2,1-3H3;1H. The van der Waals surface area contributed by atoms with E-state index in [9.17, 15) is 14.4 Å². The van der Waals surface area contributed by atoms with Crippen LogP contribution in [-0.2, 0) is 32.1 Å². The summed E-state index contributed by atoms with van der Waals surface area (Å²) in [5.74, 6) is -0.399. The summed E-state index contributed by atoms with van der Waals surface area (Å²) in [7, 11) is 0. The molecule has 1 aromatic rings. The molecule has 246 valence electrons. The van der Waals surface area contributed by atoms with Crippen molar-refractivity contribution in [1.82, 2.24) is 10.2 Å². The number of nitrogens with one attached hydrogen (secondary N) is 1. The van der Waals surface area contributed by atoms with E-state index in [-0.39, 0.29) is 43.7 Å². The second kappa shape index (κ2) is 23.4. The summed E-state index contributed by atoms with van der Waals surface area (Å²) < 4.78 is 18.2. The largest absolute Gasteiger partial charge is 1.00 e. The monoisotopic (exact) mass is 717 g/mol. The molecule has 1 aliphatic heterocycles. The number of hydrogen-bond acceptors (Lipinski definition) is 6. The van der Waals surface area contributed by atoms with Crippen LogP contribution in [0.25, 0.3) is 0 Å². The number of pyridine rings is 1. The van der Waals surface area contributed by atoms with Gasteiger partial charge in [-0.15, -0.1) is 0 Å². The van der Waals surface area contributed by atoms with Crippen molar-refractivity contribution in [3.8, 4) is 0 Å². The van der Waals surface area contributed by atoms with Gasteiger partial charge in [0.1, 0.15) is 26.3 Å². The second-order valence-corrected chi connectivity index (χ2v) is 11.7. The highest BCUT2D eigenvalue weighted by molar-refractivity contribution is 5.90. The van der Waals surface area contributed by atoms with Crippen molar-refractivity contribution in [3.05, 3.63) is 30.1 Å². The number of unbranched alkanes of at least 4 members (excludes halogenated alkanes) is 13. The van der Waals surface area contributed by atoms with Gasteiger partial charge in [0, 0.05) is 25.6 Å². The Hall–Kier alpha value is -1.95. The smallest absolute Gasteiger partial charge is 0.417 e. The number of ether oxygens (including phenoxy) is 3. The van der Waals surface area contributed by atoms with Crippen molar-refractivity contribution in [2.75, 3.05) is 33.0 Å². The maximum atomic E-state index is 12.8. The molecular formula is C33H56IN3O6. The van der Waals surface area contributed by atoms with Gasteiger partial charge < -0.3 is 43.5 Å². The van der Waals surface area contributed by atoms with Crippen LogP contribution in [-0.4, -0.2) is 56.0 Å². The minimum Gasteiger partial charge on any atom is -1.00 e. The minimum absolute atomic E-state index is 0. The first-order valence-corrected chi connectivity index (χ1v) is 16.3. The van der Waals surface area contributed by atoms with E-state index in [1.54, 1.807) is 0 Å². The second-order valence-electron chi connectivity index (χ2n) is 11.7. The number of imide groups is 1. The van der Waals surface area contributed by atoms with E-state index < -0.39 is 23.5 Å². The van der Waals surface area contributed by atoms with Crippen LogP contribution in [0.4, 0.5) is 9.59 Å². The number of carbonyl (C=O) groups excluding carboxylic acids is 3. The van der Waals surface area contributed by atoms with Gasteiger partial charge in [0.15, 0.2) is 6.20 Å². The van der Waals surface area contributed by atoms with E-state index in [0.29, 0.717) is 19.8 Å². The molecule has 1 saturated heterocycles. The zero-order chi connectivity index (χ0) is 30.5. The van der Waals surface area contributed by atoms with Crippen LogP contribution in [0.5, 0.6) is 0 Å². The van der Waals surface area contributed by atoms with Gasteiger partial charge in [0.2, 0.25) is 11.6 Å². The van der Waals surface area contributed by atoms with Crippen LogP contribution in [0, 0.1) is 5.41 Å². The molecule has 0 aliphatic carbocycles. The number of carbonyl (C=O) groups is 3. The topological polar surface area (TPSA) is 98.0 Å². The molecule has 1 aliphatic rings. The molecule has 0 saturated carbocycles. The Balaban J connectivity index is 0.00000924. The minimum atomic E-state index is -0.720. The molecule has 2 heterocycles. The summed E-state index contributed by atoms with van der Waals surface area (Å²) in [6.45, 7) is 7.75. The fraction of sp³-hybridized carbons (Fsp3) is 0.758. The molecule has 0 spiro atoms. The molecule has 9 nitrogen and oxygen atoms in total. The molecule has 0 aromatic carbocycles. The summed E-state index contributed by atoms with van der Waals surface area (Å²) >= 11 is 0. The van der Waals surface area contributed by atoms with Crippen LogP contribution in [0.2, 0.25) is 0 Å². The molecule has 0 unspecified atom stereocenters. The molecule has 1 N–H and O–H groups in total. The summed E-state index contributed by atoms with van der Waals surface area (Å²) in [6, 6.07) is 5.65. The first kappa shape index (κ1) is 39.1. The van der Waals surface area contributed by atoms with E-state index in [1.165, 1.54) is 84.0 Å². The average Bonchev–Trinajstić information content (AvgIpc) is 2.97. The van der Waals surface area contributed by atoms with Gasteiger partial charge in [-0.1, -0.05) is 96.5 Å². The summed E-state index contributed by atoms with van der Waals surface area (Å²) in [5.41, 5.74) is 0.230. The lowest BCUT2D eigenvalue weighted by atomic mass is 9.88. The molecular weight excluding hydrogens is 661 g/mol. The van der Waals surface area contributed by atoms with Gasteiger partial charge in [0.05, 0.1) is 18.6 Å². The van der Waals surface area contributed by atoms with E-state index >= 15 is 0 Å². The predicted octanol–water partition coefficient (Wildman–Crippen LogP) is 3.71. The van der Waals surface area contributed by atoms with Gasteiger partial charge in [-0.2, -0.15) is 0 Å². The van der Waals surface area contributed by atoms with Crippen molar-refractivity contribution in [2.24, 2.45) is 5.41 Å². The SMILES string of the molecule is CCCCCCCCCCCCCCCCNC(=O)OCC1(COC(=O)N(Cc2cccc[n+]2CC)C(C)=O)COC1.[I-]. The van der Waals surface area contributed by atoms with Crippen molar-refractivity contribution in [1.29, 1.82) is 0 Å². The quantitative estimate of drug-likeness (QED) is 0.112. The normalized spacial score (nSPS) is 13.4. The lowest BCUT2D eigenvalue weighted by Gasteiger charge is -2.40. The maximum absolute atomic E-state index is 12.8. The van der Waals surface area contributed by atoms with E-state index in [1.807, 2.05) is 35.9 Å². The molecule has 3 amide bonds. The highest BCUT2D eigenvalue weighted by Gasteiger charge is 2.42. The third kappa shape index (κ3) is 16.1. The molecule has 1 fully saturated rings. The lowest BCUT2D eigenvalue weighted by Crippen LogP contribution is -3.00. The molecule has 1 aromatic heterocycles. The van der Waals surface area contributed by atoms with Crippen LogP contribution in [0.15, 0.2) is 24.4 Å². The molecule has 10 heteroatoms. The van der Waals surface area contributed by atoms with Gasteiger partial charge >= 0.3 is 12.2 Å². The third-order valence-corrected chi connectivity index (χ3v) is 7.92. The molecule has 0 bridgehead atoms. The first-order valence-electron chi connectivity index (χ1n) is 16.3. The number of nitrogens with zero attached hydrogens (tertiary/aromatic N) is 2. The third-order valence-electron chi connectivity index (χ3n) is 7.92. The van der Waals surface area contributed by atoms with Gasteiger partial charge in [-0.05, 0) is 13.3 Å². The van der Waals surface area contributed by atoms with Crippen LogP contribution >= 0.6 is 0 Å². The average molecular weight is 718 g/mol. The fourth-order valence-electron chi connectivity index (χ4n) is 5.10. The van der Waals surface area contributed by atoms with Crippen molar-refractivity contribution < 1.29 is 57.1 Å².